The van der Waals surface area contributed by atoms with E-state index in [0.29, 0.717) is 28.3 Å². The normalized spacial score (nSPS) is 12.2. The number of thiazole rings is 1. The van der Waals surface area contributed by atoms with E-state index in [1.807, 2.05) is 6.92 Å². The average molecular weight is 443 g/mol. The number of carbonyl (C=O) groups is 1. The zero-order valence-corrected chi connectivity index (χ0v) is 18.0. The highest BCUT2D eigenvalue weighted by atomic mass is 32.1. The number of halogens is 3. The summed E-state index contributed by atoms with van der Waals surface area (Å²) in [5.74, 6) is -1.36. The minimum absolute atomic E-state index is 0.0434. The SMILES string of the molecule is CCCC(C)=Nc1c(C)c(-c2nccs2)cc(C(=O)N(C)CCO)c1OC(F)(F)F. The van der Waals surface area contributed by atoms with Crippen LogP contribution in [-0.2, 0) is 0 Å². The zero-order chi connectivity index (χ0) is 22.5. The molecular weight excluding hydrogens is 419 g/mol. The molecule has 1 aromatic carbocycles. The summed E-state index contributed by atoms with van der Waals surface area (Å²) in [5, 5.41) is 11.4. The van der Waals surface area contributed by atoms with Gasteiger partial charge in [-0.1, -0.05) is 13.3 Å². The Labute approximate surface area is 177 Å². The second-order valence-electron chi connectivity index (χ2n) is 6.71. The smallest absolute Gasteiger partial charge is 0.403 e. The van der Waals surface area contributed by atoms with Crippen molar-refractivity contribution in [3.05, 3.63) is 28.8 Å². The second-order valence-corrected chi connectivity index (χ2v) is 7.60. The molecule has 0 aliphatic heterocycles. The Bertz CT molecular complexity index is 912. The highest BCUT2D eigenvalue weighted by Crippen LogP contribution is 2.44. The number of alkyl halides is 3. The molecule has 0 saturated carbocycles. The van der Waals surface area contributed by atoms with E-state index in [0.717, 1.165) is 11.3 Å². The first-order valence-electron chi connectivity index (χ1n) is 9.32. The summed E-state index contributed by atoms with van der Waals surface area (Å²) in [6.07, 6.45) is -2.09. The van der Waals surface area contributed by atoms with E-state index in [2.05, 4.69) is 14.7 Å². The van der Waals surface area contributed by atoms with Gasteiger partial charge in [0.05, 0.1) is 12.2 Å². The van der Waals surface area contributed by atoms with Crippen LogP contribution in [0.5, 0.6) is 5.75 Å². The van der Waals surface area contributed by atoms with Gasteiger partial charge in [-0.2, -0.15) is 0 Å². The summed E-state index contributed by atoms with van der Waals surface area (Å²) in [4.78, 5) is 22.7. The predicted octanol–water partition coefficient (Wildman–Crippen LogP) is 4.97. The van der Waals surface area contributed by atoms with Crippen LogP contribution < -0.4 is 4.74 Å². The molecule has 0 unspecified atom stereocenters. The standard InChI is InChI=1S/C20H24F3N3O3S/c1-5-6-12(2)25-16-13(3)14(18-24-7-10-30-18)11-15(17(16)29-20(21,22)23)19(28)26(4)8-9-27/h7,10-11,27H,5-6,8-9H2,1-4H3. The molecule has 30 heavy (non-hydrogen) atoms. The Balaban J connectivity index is 2.84. The maximum atomic E-state index is 13.3. The fraction of sp³-hybridized carbons (Fsp3) is 0.450. The van der Waals surface area contributed by atoms with E-state index >= 15 is 0 Å². The Morgan fingerprint density at radius 3 is 2.63 bits per heavy atom. The molecule has 0 bridgehead atoms. The Morgan fingerprint density at radius 2 is 2.10 bits per heavy atom. The van der Waals surface area contributed by atoms with Crippen molar-refractivity contribution in [1.82, 2.24) is 9.88 Å². The molecule has 10 heteroatoms. The summed E-state index contributed by atoms with van der Waals surface area (Å²) < 4.78 is 44.1. The number of nitrogens with zero attached hydrogens (tertiary/aromatic N) is 3. The number of aliphatic hydroxyl groups excluding tert-OH is 1. The van der Waals surface area contributed by atoms with E-state index in [9.17, 15) is 18.0 Å². The molecule has 0 saturated heterocycles. The highest BCUT2D eigenvalue weighted by Gasteiger charge is 2.36. The lowest BCUT2D eigenvalue weighted by Crippen LogP contribution is -2.30. The average Bonchev–Trinajstić information content (AvgIpc) is 3.18. The molecule has 2 aromatic rings. The third-order valence-corrected chi connectivity index (χ3v) is 5.12. The van der Waals surface area contributed by atoms with Gasteiger partial charge in [-0.05, 0) is 31.9 Å². The molecule has 0 radical (unpaired) electrons. The van der Waals surface area contributed by atoms with Crippen LogP contribution in [0.4, 0.5) is 18.9 Å². The monoisotopic (exact) mass is 443 g/mol. The third kappa shape index (κ3) is 5.79. The van der Waals surface area contributed by atoms with E-state index in [1.54, 1.807) is 25.4 Å². The molecule has 2 rings (SSSR count). The van der Waals surface area contributed by atoms with Crippen molar-refractivity contribution < 1.29 is 27.8 Å². The van der Waals surface area contributed by atoms with Gasteiger partial charge in [0.2, 0.25) is 0 Å². The van der Waals surface area contributed by atoms with E-state index in [4.69, 9.17) is 5.11 Å². The van der Waals surface area contributed by atoms with Crippen molar-refractivity contribution >= 4 is 28.6 Å². The van der Waals surface area contributed by atoms with Crippen LogP contribution in [0, 0.1) is 6.92 Å². The highest BCUT2D eigenvalue weighted by molar-refractivity contribution is 7.13. The first-order chi connectivity index (χ1) is 14.1. The van der Waals surface area contributed by atoms with Crippen molar-refractivity contribution in [3.63, 3.8) is 0 Å². The van der Waals surface area contributed by atoms with Gasteiger partial charge in [0.15, 0.2) is 5.75 Å². The molecule has 1 amide bonds. The van der Waals surface area contributed by atoms with Gasteiger partial charge in [0.25, 0.3) is 5.91 Å². The minimum Gasteiger partial charge on any atom is -0.403 e. The van der Waals surface area contributed by atoms with Gasteiger partial charge in [0.1, 0.15) is 10.7 Å². The number of hydrogen-bond donors (Lipinski definition) is 1. The Kier molecular flexibility index (Phi) is 7.96. The molecular formula is C20H24F3N3O3S. The lowest BCUT2D eigenvalue weighted by Gasteiger charge is -2.22. The number of rotatable bonds is 8. The van der Waals surface area contributed by atoms with Gasteiger partial charge in [-0.3, -0.25) is 9.79 Å². The minimum atomic E-state index is -5.01. The molecule has 0 aliphatic rings. The lowest BCUT2D eigenvalue weighted by atomic mass is 10.00. The fourth-order valence-corrected chi connectivity index (χ4v) is 3.61. The summed E-state index contributed by atoms with van der Waals surface area (Å²) >= 11 is 1.30. The second kappa shape index (κ2) is 10.0. The quantitative estimate of drug-likeness (QED) is 0.585. The van der Waals surface area contributed by atoms with Crippen molar-refractivity contribution in [2.45, 2.75) is 40.0 Å². The van der Waals surface area contributed by atoms with Crippen molar-refractivity contribution in [3.8, 4) is 16.3 Å². The summed E-state index contributed by atoms with van der Waals surface area (Å²) in [6.45, 7) is 4.91. The molecule has 0 fully saturated rings. The molecule has 0 spiro atoms. The summed E-state index contributed by atoms with van der Waals surface area (Å²) in [5.41, 5.74) is 1.21. The number of hydrogen-bond acceptors (Lipinski definition) is 6. The Morgan fingerprint density at radius 1 is 1.40 bits per heavy atom. The van der Waals surface area contributed by atoms with Gasteiger partial charge >= 0.3 is 6.36 Å². The molecule has 1 N–H and O–H groups in total. The maximum absolute atomic E-state index is 13.3. The fourth-order valence-electron chi connectivity index (χ4n) is 2.90. The number of likely N-dealkylation sites (N-methyl/N-ethyl adjacent to an activating group) is 1. The molecule has 1 heterocycles. The number of aliphatic imine (C=N–C) groups is 1. The molecule has 164 valence electrons. The first kappa shape index (κ1) is 23.8. The molecule has 0 atom stereocenters. The molecule has 1 aromatic heterocycles. The largest absolute Gasteiger partial charge is 0.573 e. The number of aromatic nitrogens is 1. The van der Waals surface area contributed by atoms with E-state index < -0.39 is 18.0 Å². The van der Waals surface area contributed by atoms with E-state index in [1.165, 1.54) is 24.5 Å². The van der Waals surface area contributed by atoms with Crippen LogP contribution in [0.2, 0.25) is 0 Å². The number of amides is 1. The lowest BCUT2D eigenvalue weighted by molar-refractivity contribution is -0.274. The van der Waals surface area contributed by atoms with Crippen molar-refractivity contribution in [2.75, 3.05) is 20.2 Å². The van der Waals surface area contributed by atoms with Crippen LogP contribution in [0.15, 0.2) is 22.6 Å². The van der Waals surface area contributed by atoms with E-state index in [-0.39, 0.29) is 24.4 Å². The van der Waals surface area contributed by atoms with Crippen LogP contribution in [0.25, 0.3) is 10.6 Å². The molecule has 6 nitrogen and oxygen atoms in total. The predicted molar refractivity (Wildman–Crippen MR) is 111 cm³/mol. The maximum Gasteiger partial charge on any atom is 0.573 e. The van der Waals surface area contributed by atoms with Crippen LogP contribution in [0.1, 0.15) is 42.6 Å². The van der Waals surface area contributed by atoms with Gasteiger partial charge in [0, 0.05) is 36.4 Å². The number of ether oxygens (including phenoxy) is 1. The topological polar surface area (TPSA) is 75.0 Å². The van der Waals surface area contributed by atoms with Crippen molar-refractivity contribution in [1.29, 1.82) is 0 Å². The van der Waals surface area contributed by atoms with Crippen LogP contribution in [-0.4, -0.2) is 53.2 Å². The summed E-state index contributed by atoms with van der Waals surface area (Å²) in [6, 6.07) is 1.35. The zero-order valence-electron chi connectivity index (χ0n) is 17.2. The number of carbonyl (C=O) groups excluding carboxylic acids is 1. The van der Waals surface area contributed by atoms with Gasteiger partial charge < -0.3 is 14.7 Å². The van der Waals surface area contributed by atoms with Gasteiger partial charge in [-0.15, -0.1) is 24.5 Å². The third-order valence-electron chi connectivity index (χ3n) is 4.32. The van der Waals surface area contributed by atoms with Crippen LogP contribution >= 0.6 is 11.3 Å². The number of benzene rings is 1. The number of aliphatic hydroxyl groups is 1. The Hall–Kier alpha value is -2.46. The van der Waals surface area contributed by atoms with Gasteiger partial charge in [-0.25, -0.2) is 4.98 Å². The molecule has 0 aliphatic carbocycles. The van der Waals surface area contributed by atoms with Crippen molar-refractivity contribution in [2.24, 2.45) is 4.99 Å². The first-order valence-corrected chi connectivity index (χ1v) is 10.2. The van der Waals surface area contributed by atoms with Crippen LogP contribution in [0.3, 0.4) is 0 Å². The summed E-state index contributed by atoms with van der Waals surface area (Å²) in [7, 11) is 1.39.